The minimum Gasteiger partial charge on any atom is -0.465 e. The summed E-state index contributed by atoms with van der Waals surface area (Å²) in [4.78, 5) is 11.2. The number of ether oxygens (including phenoxy) is 1. The highest BCUT2D eigenvalue weighted by Crippen LogP contribution is 2.45. The average Bonchev–Trinajstić information content (AvgIpc) is 3.17. The molecule has 1 N–H and O–H groups in total. The van der Waals surface area contributed by atoms with Crippen LogP contribution in [0, 0.1) is 5.41 Å². The molecule has 1 saturated carbocycles. The molecule has 1 aliphatic rings. The van der Waals surface area contributed by atoms with E-state index in [0.717, 1.165) is 18.5 Å². The van der Waals surface area contributed by atoms with Crippen LogP contribution in [-0.4, -0.2) is 26.3 Å². The molecule has 0 spiro atoms. The van der Waals surface area contributed by atoms with Gasteiger partial charge in [0, 0.05) is 17.6 Å². The van der Waals surface area contributed by atoms with Crippen molar-refractivity contribution in [2.45, 2.75) is 12.8 Å². The van der Waals surface area contributed by atoms with Crippen molar-refractivity contribution in [3.8, 4) is 0 Å². The first-order chi connectivity index (χ1) is 8.19. The number of alkyl halides is 1. The van der Waals surface area contributed by atoms with Crippen molar-refractivity contribution in [2.75, 3.05) is 25.6 Å². The predicted octanol–water partition coefficient (Wildman–Crippen LogP) is 2.63. The minimum absolute atomic E-state index is 0.138. The molecule has 0 aromatic heterocycles. The highest BCUT2D eigenvalue weighted by atomic mass is 19.1. The van der Waals surface area contributed by atoms with Gasteiger partial charge in [-0.25, -0.2) is 4.79 Å². The summed E-state index contributed by atoms with van der Waals surface area (Å²) in [5.74, 6) is -0.348. The Morgan fingerprint density at radius 2 is 2.06 bits per heavy atom. The molecule has 2 rings (SSSR count). The van der Waals surface area contributed by atoms with Crippen LogP contribution in [-0.2, 0) is 4.74 Å². The van der Waals surface area contributed by atoms with Crippen molar-refractivity contribution >= 4 is 11.7 Å². The van der Waals surface area contributed by atoms with Crippen LogP contribution in [0.1, 0.15) is 23.2 Å². The van der Waals surface area contributed by atoms with Gasteiger partial charge in [-0.2, -0.15) is 0 Å². The Kier molecular flexibility index (Phi) is 3.31. The lowest BCUT2D eigenvalue weighted by atomic mass is 10.1. The number of halogens is 1. The topological polar surface area (TPSA) is 38.3 Å². The molecule has 1 aromatic carbocycles. The first-order valence-electron chi connectivity index (χ1n) is 5.67. The molecule has 0 amide bonds. The zero-order chi connectivity index (χ0) is 12.3. The zero-order valence-corrected chi connectivity index (χ0v) is 9.83. The number of rotatable bonds is 5. The molecule has 0 atom stereocenters. The lowest BCUT2D eigenvalue weighted by Crippen LogP contribution is -2.17. The second-order valence-electron chi connectivity index (χ2n) is 4.56. The summed E-state index contributed by atoms with van der Waals surface area (Å²) in [6.45, 7) is 0.390. The summed E-state index contributed by atoms with van der Waals surface area (Å²) >= 11 is 0. The summed E-state index contributed by atoms with van der Waals surface area (Å²) < 4.78 is 17.3. The van der Waals surface area contributed by atoms with Crippen LogP contribution >= 0.6 is 0 Å². The summed E-state index contributed by atoms with van der Waals surface area (Å²) in [6.07, 6.45) is 1.91. The van der Waals surface area contributed by atoms with Crippen molar-refractivity contribution in [2.24, 2.45) is 5.41 Å². The first kappa shape index (κ1) is 11.9. The first-order valence-corrected chi connectivity index (χ1v) is 5.67. The third-order valence-electron chi connectivity index (χ3n) is 3.21. The van der Waals surface area contributed by atoms with E-state index in [9.17, 15) is 9.18 Å². The van der Waals surface area contributed by atoms with Gasteiger partial charge in [-0.05, 0) is 37.1 Å². The SMILES string of the molecule is COC(=O)c1ccc(NCC2(CF)CC2)cc1. The molecule has 1 aromatic rings. The molecule has 0 aliphatic heterocycles. The van der Waals surface area contributed by atoms with Crippen LogP contribution in [0.25, 0.3) is 0 Å². The molecule has 0 heterocycles. The summed E-state index contributed by atoms with van der Waals surface area (Å²) in [5, 5.41) is 3.19. The van der Waals surface area contributed by atoms with Gasteiger partial charge in [-0.3, -0.25) is 4.39 Å². The van der Waals surface area contributed by atoms with E-state index in [1.807, 2.05) is 0 Å². The third-order valence-corrected chi connectivity index (χ3v) is 3.21. The highest BCUT2D eigenvalue weighted by Gasteiger charge is 2.42. The van der Waals surface area contributed by atoms with Crippen LogP contribution in [0.2, 0.25) is 0 Å². The lowest BCUT2D eigenvalue weighted by Gasteiger charge is -2.13. The fraction of sp³-hybridized carbons (Fsp3) is 0.462. The number of methoxy groups -OCH3 is 1. The number of hydrogen-bond donors (Lipinski definition) is 1. The lowest BCUT2D eigenvalue weighted by molar-refractivity contribution is 0.0601. The van der Waals surface area contributed by atoms with E-state index in [4.69, 9.17) is 0 Å². The van der Waals surface area contributed by atoms with E-state index in [1.54, 1.807) is 24.3 Å². The molecule has 3 nitrogen and oxygen atoms in total. The standard InChI is InChI=1S/C13H16FNO2/c1-17-12(16)10-2-4-11(5-3-10)15-9-13(8-14)6-7-13/h2-5,15H,6-9H2,1H3. The van der Waals surface area contributed by atoms with Crippen LogP contribution in [0.15, 0.2) is 24.3 Å². The van der Waals surface area contributed by atoms with Crippen LogP contribution in [0.3, 0.4) is 0 Å². The van der Waals surface area contributed by atoms with Gasteiger partial charge in [0.05, 0.1) is 19.3 Å². The van der Waals surface area contributed by atoms with Crippen molar-refractivity contribution in [3.05, 3.63) is 29.8 Å². The molecule has 0 unspecified atom stereocenters. The molecule has 0 radical (unpaired) electrons. The molecule has 17 heavy (non-hydrogen) atoms. The molecule has 1 fully saturated rings. The third kappa shape index (κ3) is 2.75. The molecule has 92 valence electrons. The Morgan fingerprint density at radius 3 is 2.53 bits per heavy atom. The zero-order valence-electron chi connectivity index (χ0n) is 9.83. The number of hydrogen-bond acceptors (Lipinski definition) is 3. The molecular weight excluding hydrogens is 221 g/mol. The fourth-order valence-electron chi connectivity index (χ4n) is 1.67. The monoisotopic (exact) mass is 237 g/mol. The number of nitrogens with one attached hydrogen (secondary N) is 1. The Hall–Kier alpha value is -1.58. The summed E-state index contributed by atoms with van der Waals surface area (Å²) in [6, 6.07) is 7.01. The highest BCUT2D eigenvalue weighted by molar-refractivity contribution is 5.89. The Morgan fingerprint density at radius 1 is 1.41 bits per heavy atom. The number of benzene rings is 1. The quantitative estimate of drug-likeness (QED) is 0.800. The Balaban J connectivity index is 1.92. The average molecular weight is 237 g/mol. The van der Waals surface area contributed by atoms with E-state index >= 15 is 0 Å². The van der Waals surface area contributed by atoms with Gasteiger partial charge in [0.2, 0.25) is 0 Å². The molecule has 0 bridgehead atoms. The van der Waals surface area contributed by atoms with Crippen molar-refractivity contribution < 1.29 is 13.9 Å². The number of anilines is 1. The van der Waals surface area contributed by atoms with Crippen molar-refractivity contribution in [1.82, 2.24) is 0 Å². The second kappa shape index (κ2) is 4.73. The minimum atomic E-state index is -0.348. The van der Waals surface area contributed by atoms with Gasteiger partial charge in [0.15, 0.2) is 0 Å². The van der Waals surface area contributed by atoms with Gasteiger partial charge in [0.25, 0.3) is 0 Å². The Bertz CT molecular complexity index is 398. The summed E-state index contributed by atoms with van der Waals surface area (Å²) in [7, 11) is 1.35. The molecule has 4 heteroatoms. The van der Waals surface area contributed by atoms with Gasteiger partial charge in [-0.15, -0.1) is 0 Å². The fourth-order valence-corrected chi connectivity index (χ4v) is 1.67. The Labute approximate surface area is 100.0 Å². The maximum absolute atomic E-state index is 12.7. The van der Waals surface area contributed by atoms with Gasteiger partial charge >= 0.3 is 5.97 Å². The number of carbonyl (C=O) groups is 1. The van der Waals surface area contributed by atoms with Crippen LogP contribution in [0.5, 0.6) is 0 Å². The molecular formula is C13H16FNO2. The van der Waals surface area contributed by atoms with E-state index in [-0.39, 0.29) is 18.1 Å². The van der Waals surface area contributed by atoms with Gasteiger partial charge in [0.1, 0.15) is 0 Å². The number of esters is 1. The van der Waals surface area contributed by atoms with Gasteiger partial charge in [-0.1, -0.05) is 0 Å². The maximum atomic E-state index is 12.7. The second-order valence-corrected chi connectivity index (χ2v) is 4.56. The van der Waals surface area contributed by atoms with Gasteiger partial charge < -0.3 is 10.1 Å². The largest absolute Gasteiger partial charge is 0.465 e. The van der Waals surface area contributed by atoms with Crippen LogP contribution < -0.4 is 5.32 Å². The van der Waals surface area contributed by atoms with E-state index in [2.05, 4.69) is 10.1 Å². The van der Waals surface area contributed by atoms with E-state index in [1.165, 1.54) is 7.11 Å². The maximum Gasteiger partial charge on any atom is 0.337 e. The van der Waals surface area contributed by atoms with E-state index in [0.29, 0.717) is 12.1 Å². The summed E-state index contributed by atoms with van der Waals surface area (Å²) in [5.41, 5.74) is 1.28. The van der Waals surface area contributed by atoms with Crippen LogP contribution in [0.4, 0.5) is 10.1 Å². The van der Waals surface area contributed by atoms with E-state index < -0.39 is 0 Å². The number of carbonyl (C=O) groups excluding carboxylic acids is 1. The van der Waals surface area contributed by atoms with Crippen molar-refractivity contribution in [1.29, 1.82) is 0 Å². The normalized spacial score (nSPS) is 16.4. The smallest absolute Gasteiger partial charge is 0.337 e. The van der Waals surface area contributed by atoms with Crippen molar-refractivity contribution in [3.63, 3.8) is 0 Å². The molecule has 0 saturated heterocycles. The predicted molar refractivity (Wildman–Crippen MR) is 63.9 cm³/mol. The molecule has 1 aliphatic carbocycles.